The highest BCUT2D eigenvalue weighted by molar-refractivity contribution is 6.05. The first-order valence-electron chi connectivity index (χ1n) is 16.7. The lowest BCUT2D eigenvalue weighted by Gasteiger charge is -2.32. The molecule has 1 N–H and O–H groups in total. The molecule has 1 aliphatic rings. The fourth-order valence-electron chi connectivity index (χ4n) is 6.12. The molecule has 0 radical (unpaired) electrons. The summed E-state index contributed by atoms with van der Waals surface area (Å²) < 4.78 is 34.9. The van der Waals surface area contributed by atoms with Gasteiger partial charge < -0.3 is 33.9 Å². The molecule has 0 saturated carbocycles. The van der Waals surface area contributed by atoms with Crippen molar-refractivity contribution >= 4 is 33.5 Å². The Morgan fingerprint density at radius 3 is 2.47 bits per heavy atom. The Hall–Kier alpha value is -5.85. The van der Waals surface area contributed by atoms with Crippen molar-refractivity contribution in [2.75, 3.05) is 58.8 Å². The van der Waals surface area contributed by atoms with Crippen molar-refractivity contribution < 1.29 is 23.4 Å². The van der Waals surface area contributed by atoms with Crippen LogP contribution in [0.1, 0.15) is 16.8 Å². The van der Waals surface area contributed by atoms with Gasteiger partial charge in [0.15, 0.2) is 23.1 Å². The summed E-state index contributed by atoms with van der Waals surface area (Å²) >= 11 is 0. The number of amides is 1. The maximum atomic E-state index is 15.5. The first-order valence-corrected chi connectivity index (χ1v) is 16.7. The predicted molar refractivity (Wildman–Crippen MR) is 194 cm³/mol. The van der Waals surface area contributed by atoms with Crippen LogP contribution in [0.4, 0.5) is 10.1 Å². The van der Waals surface area contributed by atoms with Crippen LogP contribution in [0.25, 0.3) is 27.6 Å². The number of para-hydroxylation sites is 1. The zero-order valence-corrected chi connectivity index (χ0v) is 28.3. The van der Waals surface area contributed by atoms with Gasteiger partial charge in [0.1, 0.15) is 17.0 Å². The number of carbonyl (C=O) groups excluding carboxylic acids is 1. The van der Waals surface area contributed by atoms with Crippen LogP contribution in [0.5, 0.6) is 23.0 Å². The summed E-state index contributed by atoms with van der Waals surface area (Å²) in [7, 11) is 3.71. The minimum Gasteiger partial charge on any atom is -0.493 e. The third-order valence-corrected chi connectivity index (χ3v) is 8.91. The molecule has 1 amide bonds. The maximum absolute atomic E-state index is 15.5. The van der Waals surface area contributed by atoms with E-state index in [9.17, 15) is 9.59 Å². The number of likely N-dealkylation sites (N-methyl/N-ethyl adjacent to an activating group) is 1. The average Bonchev–Trinajstić information content (AvgIpc) is 3.15. The number of hydrogen-bond acceptors (Lipinski definition) is 9. The number of fused-ring (bicyclic) bond motifs is 2. The molecular formula is C39H37FN6O5. The smallest absolute Gasteiger partial charge is 0.261 e. The molecule has 0 aliphatic carbocycles. The number of methoxy groups -OCH3 is 1. The summed E-state index contributed by atoms with van der Waals surface area (Å²) in [6.07, 6.45) is 5.49. The summed E-state index contributed by atoms with van der Waals surface area (Å²) in [5.74, 6) is -0.0250. The average molecular weight is 689 g/mol. The summed E-state index contributed by atoms with van der Waals surface area (Å²) in [4.78, 5) is 40.4. The zero-order valence-electron chi connectivity index (χ0n) is 28.3. The number of pyridine rings is 3. The molecule has 1 saturated heterocycles. The Labute approximate surface area is 293 Å². The van der Waals surface area contributed by atoms with Crippen molar-refractivity contribution in [1.82, 2.24) is 24.3 Å². The summed E-state index contributed by atoms with van der Waals surface area (Å²) in [5, 5.41) is 3.54. The number of benzene rings is 3. The number of rotatable bonds is 11. The van der Waals surface area contributed by atoms with Crippen LogP contribution in [-0.4, -0.2) is 83.7 Å². The Morgan fingerprint density at radius 2 is 1.69 bits per heavy atom. The van der Waals surface area contributed by atoms with Crippen LogP contribution >= 0.6 is 0 Å². The number of hydrogen-bond donors (Lipinski definition) is 1. The third kappa shape index (κ3) is 7.37. The topological polar surface area (TPSA) is 111 Å². The first-order chi connectivity index (χ1) is 24.9. The van der Waals surface area contributed by atoms with Crippen LogP contribution < -0.4 is 25.0 Å². The second-order valence-corrected chi connectivity index (χ2v) is 12.3. The number of nitrogens with zero attached hydrogens (tertiary/aromatic N) is 5. The van der Waals surface area contributed by atoms with Crippen LogP contribution in [-0.2, 0) is 0 Å². The van der Waals surface area contributed by atoms with Gasteiger partial charge in [-0.3, -0.25) is 14.6 Å². The number of piperazine rings is 1. The van der Waals surface area contributed by atoms with Crippen LogP contribution in [0.2, 0.25) is 0 Å². The Morgan fingerprint density at radius 1 is 0.863 bits per heavy atom. The number of halogens is 1. The quantitative estimate of drug-likeness (QED) is 0.161. The largest absolute Gasteiger partial charge is 0.493 e. The van der Waals surface area contributed by atoms with Gasteiger partial charge in [-0.2, -0.15) is 0 Å². The first kappa shape index (κ1) is 33.6. The minimum atomic E-state index is -0.713. The molecule has 0 unspecified atom stereocenters. The lowest BCUT2D eigenvalue weighted by atomic mass is 10.1. The van der Waals surface area contributed by atoms with Gasteiger partial charge in [0.25, 0.3) is 5.91 Å². The normalized spacial score (nSPS) is 13.7. The molecule has 0 atom stereocenters. The van der Waals surface area contributed by atoms with E-state index in [4.69, 9.17) is 14.2 Å². The third-order valence-electron chi connectivity index (χ3n) is 8.91. The summed E-state index contributed by atoms with van der Waals surface area (Å²) in [5.41, 5.74) is 1.29. The van der Waals surface area contributed by atoms with Gasteiger partial charge in [-0.1, -0.05) is 18.2 Å². The van der Waals surface area contributed by atoms with Gasteiger partial charge in [-0.05, 0) is 62.0 Å². The highest BCUT2D eigenvalue weighted by Gasteiger charge is 2.19. The predicted octanol–water partition coefficient (Wildman–Crippen LogP) is 6.14. The van der Waals surface area contributed by atoms with Crippen molar-refractivity contribution in [1.29, 1.82) is 0 Å². The molecule has 11 nitrogen and oxygen atoms in total. The van der Waals surface area contributed by atoms with Gasteiger partial charge in [-0.15, -0.1) is 0 Å². The molecule has 1 fully saturated rings. The van der Waals surface area contributed by atoms with Crippen molar-refractivity contribution in [3.63, 3.8) is 0 Å². The Kier molecular flexibility index (Phi) is 9.86. The second kappa shape index (κ2) is 15.0. The van der Waals surface area contributed by atoms with Gasteiger partial charge in [-0.25, -0.2) is 9.37 Å². The van der Waals surface area contributed by atoms with Gasteiger partial charge in [0.05, 0.1) is 24.6 Å². The number of ether oxygens (including phenoxy) is 3. The molecule has 6 aromatic rings. The molecule has 0 bridgehead atoms. The van der Waals surface area contributed by atoms with E-state index in [1.54, 1.807) is 54.4 Å². The van der Waals surface area contributed by atoms with E-state index in [0.29, 0.717) is 40.4 Å². The number of aromatic nitrogens is 3. The van der Waals surface area contributed by atoms with E-state index in [2.05, 4.69) is 32.1 Å². The Bertz CT molecular complexity index is 2260. The van der Waals surface area contributed by atoms with Crippen LogP contribution in [0.3, 0.4) is 0 Å². The van der Waals surface area contributed by atoms with E-state index in [1.807, 2.05) is 30.3 Å². The Balaban J connectivity index is 1.06. The zero-order chi connectivity index (χ0) is 35.3. The van der Waals surface area contributed by atoms with E-state index in [1.165, 1.54) is 18.3 Å². The molecule has 7 rings (SSSR count). The monoisotopic (exact) mass is 688 g/mol. The van der Waals surface area contributed by atoms with Crippen LogP contribution in [0.15, 0.2) is 102 Å². The van der Waals surface area contributed by atoms with Crippen molar-refractivity contribution in [3.05, 3.63) is 119 Å². The maximum Gasteiger partial charge on any atom is 0.261 e. The van der Waals surface area contributed by atoms with Crippen molar-refractivity contribution in [2.24, 2.45) is 0 Å². The molecule has 260 valence electrons. The molecule has 3 aromatic heterocycles. The molecule has 4 heterocycles. The highest BCUT2D eigenvalue weighted by atomic mass is 19.1. The molecule has 1 aliphatic heterocycles. The lowest BCUT2D eigenvalue weighted by Crippen LogP contribution is -2.44. The molecule has 0 spiro atoms. The van der Waals surface area contributed by atoms with E-state index in [-0.39, 0.29) is 22.4 Å². The molecular weight excluding hydrogens is 651 g/mol. The SMILES string of the molecule is COc1cc2c(Oc3ccc(NC(=O)c4cn(-c5ccccc5)c5ncccc5c4=O)cc3F)ccnc2cc1OCCCN1CCN(C)CC1. The van der Waals surface area contributed by atoms with Gasteiger partial charge in [0, 0.05) is 80.2 Å². The number of carbonyl (C=O) groups is 1. The summed E-state index contributed by atoms with van der Waals surface area (Å²) in [6, 6.07) is 21.8. The van der Waals surface area contributed by atoms with Crippen molar-refractivity contribution in [3.8, 4) is 28.7 Å². The summed E-state index contributed by atoms with van der Waals surface area (Å²) in [6.45, 7) is 5.75. The minimum absolute atomic E-state index is 0.0630. The molecule has 12 heteroatoms. The van der Waals surface area contributed by atoms with Gasteiger partial charge >= 0.3 is 0 Å². The molecule has 51 heavy (non-hydrogen) atoms. The standard InChI is InChI=1S/C39H37FN6O5/c1-44-17-19-45(20-18-44)16-7-21-50-36-24-32-29(23-35(36)49-2)33(13-15-41-32)51-34-12-11-26(22-31(34)40)43-39(48)30-25-46(27-8-4-3-5-9-27)38-28(37(30)47)10-6-14-42-38/h3-6,8-15,22-25H,7,16-21H2,1-2H3,(H,43,48). The highest BCUT2D eigenvalue weighted by Crippen LogP contribution is 2.38. The fourth-order valence-corrected chi connectivity index (χ4v) is 6.12. The second-order valence-electron chi connectivity index (χ2n) is 12.3. The van der Waals surface area contributed by atoms with E-state index < -0.39 is 17.2 Å². The molecule has 3 aromatic carbocycles. The fraction of sp³-hybridized carbons (Fsp3) is 0.231. The van der Waals surface area contributed by atoms with E-state index >= 15 is 4.39 Å². The van der Waals surface area contributed by atoms with E-state index in [0.717, 1.165) is 50.9 Å². The van der Waals surface area contributed by atoms with Crippen molar-refractivity contribution in [2.45, 2.75) is 6.42 Å². The van der Waals surface area contributed by atoms with Crippen LogP contribution in [0, 0.1) is 5.82 Å². The number of anilines is 1. The number of nitrogens with one attached hydrogen (secondary N) is 1. The van der Waals surface area contributed by atoms with Gasteiger partial charge in [0.2, 0.25) is 5.43 Å². The lowest BCUT2D eigenvalue weighted by molar-refractivity contribution is 0.102.